The Morgan fingerprint density at radius 1 is 1.35 bits per heavy atom. The number of fused-ring (bicyclic) bond motifs is 1. The SMILES string of the molecule is Nc1cnc2ccc(Br)cc2c1NCC1(O)CCCC1. The van der Waals surface area contributed by atoms with Gasteiger partial charge in [0.05, 0.1) is 28.7 Å². The van der Waals surface area contributed by atoms with Crippen LogP contribution in [0.15, 0.2) is 28.9 Å². The van der Waals surface area contributed by atoms with Gasteiger partial charge in [-0.05, 0) is 31.0 Å². The first-order valence-electron chi connectivity index (χ1n) is 6.87. The Labute approximate surface area is 126 Å². The molecule has 0 atom stereocenters. The Hall–Kier alpha value is -1.33. The highest BCUT2D eigenvalue weighted by molar-refractivity contribution is 9.10. The molecule has 0 bridgehead atoms. The molecular formula is C15H18BrN3O. The van der Waals surface area contributed by atoms with Crippen molar-refractivity contribution in [3.8, 4) is 0 Å². The Morgan fingerprint density at radius 2 is 2.10 bits per heavy atom. The molecule has 0 saturated heterocycles. The fourth-order valence-corrected chi connectivity index (χ4v) is 3.20. The number of nitrogens with two attached hydrogens (primary N) is 1. The summed E-state index contributed by atoms with van der Waals surface area (Å²) in [6.07, 6.45) is 5.56. The molecule has 1 aliphatic carbocycles. The monoisotopic (exact) mass is 335 g/mol. The molecule has 0 spiro atoms. The summed E-state index contributed by atoms with van der Waals surface area (Å²) in [5.74, 6) is 0. The number of anilines is 2. The van der Waals surface area contributed by atoms with E-state index in [2.05, 4.69) is 26.2 Å². The van der Waals surface area contributed by atoms with Crippen molar-refractivity contribution in [1.82, 2.24) is 4.98 Å². The zero-order valence-electron chi connectivity index (χ0n) is 11.2. The predicted molar refractivity (Wildman–Crippen MR) is 85.8 cm³/mol. The first kappa shape index (κ1) is 13.6. The number of rotatable bonds is 3. The standard InChI is InChI=1S/C15H18BrN3O/c16-10-3-4-13-11(7-10)14(12(17)8-18-13)19-9-15(20)5-1-2-6-15/h3-4,7-8,20H,1-2,5-6,9,17H2,(H,18,19). The van der Waals surface area contributed by atoms with Crippen molar-refractivity contribution < 1.29 is 5.11 Å². The van der Waals surface area contributed by atoms with Gasteiger partial charge in [0.2, 0.25) is 0 Å². The summed E-state index contributed by atoms with van der Waals surface area (Å²) in [4.78, 5) is 4.33. The van der Waals surface area contributed by atoms with E-state index in [-0.39, 0.29) is 0 Å². The lowest BCUT2D eigenvalue weighted by molar-refractivity contribution is 0.0615. The van der Waals surface area contributed by atoms with Crippen LogP contribution in [0.4, 0.5) is 11.4 Å². The third-order valence-electron chi connectivity index (χ3n) is 3.99. The van der Waals surface area contributed by atoms with Gasteiger partial charge in [-0.3, -0.25) is 4.98 Å². The van der Waals surface area contributed by atoms with E-state index in [1.807, 2.05) is 18.2 Å². The number of aromatic nitrogens is 1. The lowest BCUT2D eigenvalue weighted by Gasteiger charge is -2.24. The summed E-state index contributed by atoms with van der Waals surface area (Å²) >= 11 is 3.47. The molecule has 3 rings (SSSR count). The van der Waals surface area contributed by atoms with E-state index in [1.165, 1.54) is 0 Å². The molecule has 1 heterocycles. The van der Waals surface area contributed by atoms with Crippen molar-refractivity contribution in [2.75, 3.05) is 17.6 Å². The van der Waals surface area contributed by atoms with Crippen LogP contribution in [0.5, 0.6) is 0 Å². The number of nitrogens with one attached hydrogen (secondary N) is 1. The molecule has 1 aromatic carbocycles. The molecule has 1 fully saturated rings. The molecular weight excluding hydrogens is 318 g/mol. The van der Waals surface area contributed by atoms with Gasteiger partial charge in [-0.2, -0.15) is 0 Å². The molecule has 106 valence electrons. The zero-order valence-corrected chi connectivity index (χ0v) is 12.8. The summed E-state index contributed by atoms with van der Waals surface area (Å²) < 4.78 is 0.986. The van der Waals surface area contributed by atoms with E-state index in [0.717, 1.165) is 46.7 Å². The van der Waals surface area contributed by atoms with Gasteiger partial charge in [0.15, 0.2) is 0 Å². The van der Waals surface area contributed by atoms with Crippen LogP contribution in [0.2, 0.25) is 0 Å². The molecule has 4 nitrogen and oxygen atoms in total. The minimum atomic E-state index is -0.603. The van der Waals surface area contributed by atoms with Crippen LogP contribution < -0.4 is 11.1 Å². The van der Waals surface area contributed by atoms with Crippen LogP contribution in [-0.2, 0) is 0 Å². The second-order valence-electron chi connectivity index (χ2n) is 5.54. The molecule has 0 radical (unpaired) electrons. The number of nitrogens with zero attached hydrogens (tertiary/aromatic N) is 1. The molecule has 1 saturated carbocycles. The third kappa shape index (κ3) is 2.60. The van der Waals surface area contributed by atoms with Crippen molar-refractivity contribution >= 4 is 38.2 Å². The van der Waals surface area contributed by atoms with Gasteiger partial charge >= 0.3 is 0 Å². The lowest BCUT2D eigenvalue weighted by Crippen LogP contribution is -2.33. The fourth-order valence-electron chi connectivity index (χ4n) is 2.84. The summed E-state index contributed by atoms with van der Waals surface area (Å²) in [5.41, 5.74) is 7.80. The van der Waals surface area contributed by atoms with Crippen LogP contribution >= 0.6 is 15.9 Å². The maximum atomic E-state index is 10.4. The van der Waals surface area contributed by atoms with Crippen LogP contribution in [0.3, 0.4) is 0 Å². The van der Waals surface area contributed by atoms with Crippen LogP contribution in [-0.4, -0.2) is 22.2 Å². The maximum absolute atomic E-state index is 10.4. The summed E-state index contributed by atoms with van der Waals surface area (Å²) in [6, 6.07) is 5.91. The number of halogens is 1. The molecule has 0 amide bonds. The van der Waals surface area contributed by atoms with Gasteiger partial charge < -0.3 is 16.2 Å². The van der Waals surface area contributed by atoms with Gasteiger partial charge in [0.1, 0.15) is 0 Å². The Kier molecular flexibility index (Phi) is 3.56. The quantitative estimate of drug-likeness (QED) is 0.804. The van der Waals surface area contributed by atoms with Crippen molar-refractivity contribution in [2.24, 2.45) is 0 Å². The Balaban J connectivity index is 1.93. The minimum Gasteiger partial charge on any atom is -0.396 e. The van der Waals surface area contributed by atoms with Crippen molar-refractivity contribution in [3.63, 3.8) is 0 Å². The summed E-state index contributed by atoms with van der Waals surface area (Å²) in [6.45, 7) is 0.531. The van der Waals surface area contributed by atoms with Crippen LogP contribution in [0.25, 0.3) is 10.9 Å². The summed E-state index contributed by atoms with van der Waals surface area (Å²) in [5, 5.41) is 14.7. The fraction of sp³-hybridized carbons (Fsp3) is 0.400. The van der Waals surface area contributed by atoms with Gasteiger partial charge in [-0.1, -0.05) is 28.8 Å². The maximum Gasteiger partial charge on any atom is 0.0819 e. The third-order valence-corrected chi connectivity index (χ3v) is 4.48. The number of hydrogen-bond donors (Lipinski definition) is 3. The van der Waals surface area contributed by atoms with Crippen LogP contribution in [0, 0.1) is 0 Å². The number of hydrogen-bond acceptors (Lipinski definition) is 4. The number of benzene rings is 1. The first-order valence-corrected chi connectivity index (χ1v) is 7.67. The van der Waals surface area contributed by atoms with Gasteiger partial charge in [0, 0.05) is 16.4 Å². The van der Waals surface area contributed by atoms with E-state index in [1.54, 1.807) is 6.20 Å². The zero-order chi connectivity index (χ0) is 14.2. The Bertz CT molecular complexity index is 633. The van der Waals surface area contributed by atoms with Crippen molar-refractivity contribution in [1.29, 1.82) is 0 Å². The number of nitrogen functional groups attached to an aromatic ring is 1. The minimum absolute atomic E-state index is 0.531. The molecule has 1 aliphatic rings. The highest BCUT2D eigenvalue weighted by Gasteiger charge is 2.31. The first-order chi connectivity index (χ1) is 9.57. The smallest absolute Gasteiger partial charge is 0.0819 e. The largest absolute Gasteiger partial charge is 0.396 e. The average molecular weight is 336 g/mol. The van der Waals surface area contributed by atoms with Crippen molar-refractivity contribution in [2.45, 2.75) is 31.3 Å². The van der Waals surface area contributed by atoms with Gasteiger partial charge in [0.25, 0.3) is 0 Å². The van der Waals surface area contributed by atoms with Gasteiger partial charge in [-0.15, -0.1) is 0 Å². The molecule has 0 unspecified atom stereocenters. The molecule has 2 aromatic rings. The molecule has 0 aliphatic heterocycles. The highest BCUT2D eigenvalue weighted by Crippen LogP contribution is 2.33. The predicted octanol–water partition coefficient (Wildman–Crippen LogP) is 3.30. The second kappa shape index (κ2) is 5.22. The van der Waals surface area contributed by atoms with E-state index < -0.39 is 5.60 Å². The highest BCUT2D eigenvalue weighted by atomic mass is 79.9. The Morgan fingerprint density at radius 3 is 2.85 bits per heavy atom. The molecule has 20 heavy (non-hydrogen) atoms. The van der Waals surface area contributed by atoms with Gasteiger partial charge in [-0.25, -0.2) is 0 Å². The summed E-state index contributed by atoms with van der Waals surface area (Å²) in [7, 11) is 0. The van der Waals surface area contributed by atoms with Crippen molar-refractivity contribution in [3.05, 3.63) is 28.9 Å². The van der Waals surface area contributed by atoms with E-state index >= 15 is 0 Å². The normalized spacial score (nSPS) is 17.5. The van der Waals surface area contributed by atoms with E-state index in [0.29, 0.717) is 12.2 Å². The average Bonchev–Trinajstić information content (AvgIpc) is 2.85. The number of pyridine rings is 1. The van der Waals surface area contributed by atoms with E-state index in [9.17, 15) is 5.11 Å². The topological polar surface area (TPSA) is 71.2 Å². The molecule has 5 heteroatoms. The second-order valence-corrected chi connectivity index (χ2v) is 6.45. The molecule has 4 N–H and O–H groups in total. The number of aliphatic hydroxyl groups is 1. The lowest BCUT2D eigenvalue weighted by atomic mass is 10.0. The van der Waals surface area contributed by atoms with Crippen LogP contribution in [0.1, 0.15) is 25.7 Å². The van der Waals surface area contributed by atoms with E-state index in [4.69, 9.17) is 5.73 Å². The molecule has 1 aromatic heterocycles.